The molecule has 2 N–H and O–H groups in total. The van der Waals surface area contributed by atoms with Crippen LogP contribution >= 0.6 is 0 Å². The number of nitrogens with two attached hydrogens (primary N) is 1. The summed E-state index contributed by atoms with van der Waals surface area (Å²) in [5.41, 5.74) is 4.17. The Balaban J connectivity index is 1.62. The molecule has 4 atom stereocenters. The summed E-state index contributed by atoms with van der Waals surface area (Å²) in [5.74, 6) is 2.00. The summed E-state index contributed by atoms with van der Waals surface area (Å²) >= 11 is 0. The van der Waals surface area contributed by atoms with Crippen LogP contribution in [0.25, 0.3) is 0 Å². The maximum atomic E-state index is 6.15. The van der Waals surface area contributed by atoms with E-state index in [4.69, 9.17) is 4.74 Å². The molecular formula is C23H22NO+. The summed E-state index contributed by atoms with van der Waals surface area (Å²) in [6.07, 6.45) is 0. The van der Waals surface area contributed by atoms with Crippen LogP contribution in [-0.2, 0) is 0 Å². The molecule has 124 valence electrons. The summed E-state index contributed by atoms with van der Waals surface area (Å²) in [6, 6.07) is 31.3. The number of hydrogen-bond donors (Lipinski definition) is 1. The highest BCUT2D eigenvalue weighted by Gasteiger charge is 2.51. The lowest BCUT2D eigenvalue weighted by Crippen LogP contribution is -2.84. The van der Waals surface area contributed by atoms with Crippen LogP contribution in [0.2, 0.25) is 0 Å². The van der Waals surface area contributed by atoms with Gasteiger partial charge in [0.2, 0.25) is 0 Å². The fourth-order valence-corrected chi connectivity index (χ4v) is 4.71. The van der Waals surface area contributed by atoms with E-state index in [1.165, 1.54) is 16.7 Å². The van der Waals surface area contributed by atoms with E-state index in [0.717, 1.165) is 12.4 Å². The van der Waals surface area contributed by atoms with Crippen LogP contribution in [0.1, 0.15) is 34.7 Å². The Morgan fingerprint density at radius 2 is 1.32 bits per heavy atom. The minimum absolute atomic E-state index is 0.424. The molecule has 1 saturated heterocycles. The average Bonchev–Trinajstić information content (AvgIpc) is 3.09. The van der Waals surface area contributed by atoms with Crippen LogP contribution < -0.4 is 10.1 Å². The van der Waals surface area contributed by atoms with Gasteiger partial charge in [-0.3, -0.25) is 0 Å². The highest BCUT2D eigenvalue weighted by molar-refractivity contribution is 5.40. The lowest BCUT2D eigenvalue weighted by molar-refractivity contribution is -0.718. The number of quaternary nitrogens is 1. The number of benzene rings is 3. The maximum absolute atomic E-state index is 6.15. The van der Waals surface area contributed by atoms with E-state index in [1.54, 1.807) is 0 Å². The third-order valence-corrected chi connectivity index (χ3v) is 5.80. The number of para-hydroxylation sites is 1. The third kappa shape index (κ3) is 2.45. The van der Waals surface area contributed by atoms with Gasteiger partial charge in [-0.1, -0.05) is 72.8 Å². The van der Waals surface area contributed by atoms with Crippen molar-refractivity contribution >= 4 is 0 Å². The zero-order valence-corrected chi connectivity index (χ0v) is 14.1. The molecule has 2 heteroatoms. The van der Waals surface area contributed by atoms with E-state index in [9.17, 15) is 0 Å². The molecule has 0 spiro atoms. The number of ether oxygens (including phenoxy) is 1. The summed E-state index contributed by atoms with van der Waals surface area (Å²) in [7, 11) is 0. The van der Waals surface area contributed by atoms with Gasteiger partial charge >= 0.3 is 0 Å². The predicted molar refractivity (Wildman–Crippen MR) is 98.5 cm³/mol. The maximum Gasteiger partial charge on any atom is 0.128 e. The second-order valence-corrected chi connectivity index (χ2v) is 7.10. The molecule has 2 aliphatic heterocycles. The monoisotopic (exact) mass is 328 g/mol. The van der Waals surface area contributed by atoms with Crippen molar-refractivity contribution < 1.29 is 10.1 Å². The van der Waals surface area contributed by atoms with Gasteiger partial charge in [-0.25, -0.2) is 0 Å². The van der Waals surface area contributed by atoms with Gasteiger partial charge in [-0.05, 0) is 17.7 Å². The van der Waals surface area contributed by atoms with E-state index in [1.807, 2.05) is 0 Å². The molecule has 3 aromatic carbocycles. The summed E-state index contributed by atoms with van der Waals surface area (Å²) in [6.45, 7) is 0.793. The van der Waals surface area contributed by atoms with Gasteiger partial charge in [0.15, 0.2) is 0 Å². The normalized spacial score (nSPS) is 27.2. The van der Waals surface area contributed by atoms with Gasteiger partial charge in [-0.15, -0.1) is 0 Å². The molecule has 2 nitrogen and oxygen atoms in total. The molecule has 0 amide bonds. The van der Waals surface area contributed by atoms with E-state index in [-0.39, 0.29) is 0 Å². The van der Waals surface area contributed by atoms with Gasteiger partial charge in [0, 0.05) is 5.56 Å². The first-order chi connectivity index (χ1) is 12.4. The van der Waals surface area contributed by atoms with Gasteiger partial charge in [-0.2, -0.15) is 0 Å². The zero-order valence-electron chi connectivity index (χ0n) is 14.1. The molecule has 0 unspecified atom stereocenters. The Morgan fingerprint density at radius 3 is 2.08 bits per heavy atom. The summed E-state index contributed by atoms with van der Waals surface area (Å²) in [5, 5.41) is 2.57. The number of hydrogen-bond acceptors (Lipinski definition) is 1. The predicted octanol–water partition coefficient (Wildman–Crippen LogP) is 3.84. The van der Waals surface area contributed by atoms with Crippen LogP contribution in [0.4, 0.5) is 0 Å². The standard InChI is InChI=1S/C23H21NO/c1-3-9-16(10-4-1)21-19-15-25-20-14-8-7-13-18(20)23(19)24-22(21)17-11-5-2-6-12-17/h1-14,19,21-24H,15H2/p+1/t19-,21+,22-,23+/m1/s1. The Hall–Kier alpha value is -2.58. The first-order valence-electron chi connectivity index (χ1n) is 9.08. The van der Waals surface area contributed by atoms with Crippen molar-refractivity contribution in [3.8, 4) is 5.75 Å². The van der Waals surface area contributed by atoms with Gasteiger partial charge in [0.25, 0.3) is 0 Å². The second kappa shape index (κ2) is 6.05. The molecule has 2 heterocycles. The number of fused-ring (bicyclic) bond motifs is 3. The molecule has 0 radical (unpaired) electrons. The zero-order chi connectivity index (χ0) is 16.6. The van der Waals surface area contributed by atoms with Gasteiger partial charge in [0.05, 0.1) is 24.0 Å². The lowest BCUT2D eigenvalue weighted by atomic mass is 9.78. The fraction of sp³-hybridized carbons (Fsp3) is 0.217. The van der Waals surface area contributed by atoms with Crippen molar-refractivity contribution in [2.45, 2.75) is 18.0 Å². The first-order valence-corrected chi connectivity index (χ1v) is 9.08. The number of rotatable bonds is 2. The Bertz CT molecular complexity index is 862. The lowest BCUT2D eigenvalue weighted by Gasteiger charge is -2.28. The highest BCUT2D eigenvalue weighted by atomic mass is 16.5. The van der Waals surface area contributed by atoms with Gasteiger partial charge in [0.1, 0.15) is 17.8 Å². The molecule has 0 saturated carbocycles. The van der Waals surface area contributed by atoms with Crippen LogP contribution in [0.5, 0.6) is 5.75 Å². The molecule has 25 heavy (non-hydrogen) atoms. The Kier molecular flexibility index (Phi) is 3.57. The van der Waals surface area contributed by atoms with Crippen LogP contribution in [-0.4, -0.2) is 6.61 Å². The Morgan fingerprint density at radius 1 is 0.680 bits per heavy atom. The van der Waals surface area contributed by atoms with Crippen LogP contribution in [0, 0.1) is 5.92 Å². The van der Waals surface area contributed by atoms with Crippen molar-refractivity contribution in [1.29, 1.82) is 0 Å². The molecule has 3 aromatic rings. The average molecular weight is 328 g/mol. The van der Waals surface area contributed by atoms with Crippen molar-refractivity contribution in [2.24, 2.45) is 5.92 Å². The van der Waals surface area contributed by atoms with E-state index < -0.39 is 0 Å². The van der Waals surface area contributed by atoms with Crippen molar-refractivity contribution in [3.05, 3.63) is 102 Å². The molecule has 5 rings (SSSR count). The van der Waals surface area contributed by atoms with Gasteiger partial charge < -0.3 is 10.1 Å². The van der Waals surface area contributed by atoms with Crippen LogP contribution in [0.15, 0.2) is 84.9 Å². The highest BCUT2D eigenvalue weighted by Crippen LogP contribution is 2.48. The first kappa shape index (κ1) is 14.7. The quantitative estimate of drug-likeness (QED) is 0.760. The molecule has 2 aliphatic rings. The third-order valence-electron chi connectivity index (χ3n) is 5.80. The molecule has 1 fully saturated rings. The summed E-state index contributed by atoms with van der Waals surface area (Å²) in [4.78, 5) is 0. The molecular weight excluding hydrogens is 306 g/mol. The fourth-order valence-electron chi connectivity index (χ4n) is 4.71. The second-order valence-electron chi connectivity index (χ2n) is 7.10. The topological polar surface area (TPSA) is 25.8 Å². The largest absolute Gasteiger partial charge is 0.492 e. The van der Waals surface area contributed by atoms with E-state index in [2.05, 4.69) is 90.2 Å². The van der Waals surface area contributed by atoms with Crippen molar-refractivity contribution in [1.82, 2.24) is 0 Å². The smallest absolute Gasteiger partial charge is 0.128 e. The molecule has 0 aromatic heterocycles. The minimum Gasteiger partial charge on any atom is -0.492 e. The minimum atomic E-state index is 0.424. The summed E-state index contributed by atoms with van der Waals surface area (Å²) < 4.78 is 6.15. The van der Waals surface area contributed by atoms with Crippen molar-refractivity contribution in [2.75, 3.05) is 6.61 Å². The van der Waals surface area contributed by atoms with E-state index in [0.29, 0.717) is 23.9 Å². The Labute approximate surface area is 148 Å². The molecule has 0 aliphatic carbocycles. The molecule has 0 bridgehead atoms. The van der Waals surface area contributed by atoms with Crippen molar-refractivity contribution in [3.63, 3.8) is 0 Å². The van der Waals surface area contributed by atoms with Crippen LogP contribution in [0.3, 0.4) is 0 Å². The SMILES string of the molecule is c1ccc([C@H]2[C@H]3COc4ccccc4[C@@H]3[NH2+][C@@H]2c2ccccc2)cc1. The van der Waals surface area contributed by atoms with E-state index >= 15 is 0 Å².